The van der Waals surface area contributed by atoms with Gasteiger partial charge in [0.25, 0.3) is 0 Å². The number of piperidine rings is 1. The van der Waals surface area contributed by atoms with Gasteiger partial charge in [-0.1, -0.05) is 48.0 Å². The fourth-order valence-electron chi connectivity index (χ4n) is 6.13. The fraction of sp³-hybridized carbons (Fsp3) is 0.400. The van der Waals surface area contributed by atoms with Crippen molar-refractivity contribution in [1.29, 1.82) is 0 Å². The number of hydrogen-bond donors (Lipinski definition) is 0. The maximum atomic E-state index is 14.6. The Kier molecular flexibility index (Phi) is 7.06. The zero-order valence-electron chi connectivity index (χ0n) is 20.6. The summed E-state index contributed by atoms with van der Waals surface area (Å²) in [6.45, 7) is 3.73. The van der Waals surface area contributed by atoms with Gasteiger partial charge in [-0.2, -0.15) is 0 Å². The zero-order valence-corrected chi connectivity index (χ0v) is 22.2. The van der Waals surface area contributed by atoms with Crippen molar-refractivity contribution in [3.05, 3.63) is 106 Å². The van der Waals surface area contributed by atoms with Gasteiger partial charge in [-0.15, -0.1) is 11.8 Å². The first kappa shape index (κ1) is 25.3. The number of rotatable bonds is 6. The molecule has 0 aromatic heterocycles. The summed E-state index contributed by atoms with van der Waals surface area (Å²) in [5.41, 5.74) is 4.48. The molecule has 0 amide bonds. The lowest BCUT2D eigenvalue weighted by atomic mass is 9.84. The van der Waals surface area contributed by atoms with E-state index in [0.717, 1.165) is 50.0 Å². The second-order valence-corrected chi connectivity index (χ2v) is 12.1. The standard InChI is InChI=1S/C30H30ClF2NO2S/c31-22-8-6-21(7-9-22)28-24-4-1-2-5-25(24)29(37-28)13-16-34(17-14-29)15-3-12-30(35-18-19-36-30)26-11-10-23(32)20-27(26)33/h1-2,4-11,20,28H,3,12-19H2. The number of halogens is 3. The molecule has 0 saturated carbocycles. The minimum absolute atomic E-state index is 0.119. The molecule has 2 saturated heterocycles. The van der Waals surface area contributed by atoms with E-state index in [2.05, 4.69) is 53.1 Å². The van der Waals surface area contributed by atoms with Crippen LogP contribution in [0.4, 0.5) is 8.78 Å². The average Bonchev–Trinajstić information content (AvgIpc) is 3.50. The summed E-state index contributed by atoms with van der Waals surface area (Å²) in [4.78, 5) is 2.49. The largest absolute Gasteiger partial charge is 0.343 e. The van der Waals surface area contributed by atoms with Crippen molar-refractivity contribution in [2.75, 3.05) is 32.8 Å². The lowest BCUT2D eigenvalue weighted by Gasteiger charge is -2.40. The van der Waals surface area contributed by atoms with Crippen molar-refractivity contribution >= 4 is 23.4 Å². The Morgan fingerprint density at radius 1 is 0.919 bits per heavy atom. The fourth-order valence-corrected chi connectivity index (χ4v) is 8.06. The predicted molar refractivity (Wildman–Crippen MR) is 144 cm³/mol. The van der Waals surface area contributed by atoms with Gasteiger partial charge in [0, 0.05) is 27.8 Å². The Bertz CT molecular complexity index is 1260. The molecule has 3 heterocycles. The third kappa shape index (κ3) is 4.83. The van der Waals surface area contributed by atoms with E-state index in [-0.39, 0.29) is 10.3 Å². The van der Waals surface area contributed by atoms with Gasteiger partial charge in [0.15, 0.2) is 5.79 Å². The molecule has 3 aliphatic rings. The van der Waals surface area contributed by atoms with Crippen LogP contribution in [0, 0.1) is 11.6 Å². The van der Waals surface area contributed by atoms with Crippen LogP contribution in [0.15, 0.2) is 66.7 Å². The van der Waals surface area contributed by atoms with E-state index >= 15 is 0 Å². The zero-order chi connectivity index (χ0) is 25.5. The van der Waals surface area contributed by atoms with Crippen LogP contribution in [0.1, 0.15) is 53.2 Å². The summed E-state index contributed by atoms with van der Waals surface area (Å²) < 4.78 is 40.0. The van der Waals surface area contributed by atoms with Crippen LogP contribution in [-0.4, -0.2) is 37.7 Å². The summed E-state index contributed by atoms with van der Waals surface area (Å²) in [6.07, 6.45) is 3.52. The Morgan fingerprint density at radius 3 is 2.38 bits per heavy atom. The molecule has 3 aliphatic heterocycles. The minimum Gasteiger partial charge on any atom is -0.343 e. The van der Waals surface area contributed by atoms with Gasteiger partial charge < -0.3 is 14.4 Å². The van der Waals surface area contributed by atoms with E-state index in [1.54, 1.807) is 0 Å². The van der Waals surface area contributed by atoms with Crippen LogP contribution in [0.25, 0.3) is 0 Å². The molecule has 0 radical (unpaired) electrons. The monoisotopic (exact) mass is 541 g/mol. The van der Waals surface area contributed by atoms with E-state index < -0.39 is 17.4 Å². The van der Waals surface area contributed by atoms with Crippen molar-refractivity contribution < 1.29 is 18.3 Å². The molecule has 0 aliphatic carbocycles. The highest BCUT2D eigenvalue weighted by Crippen LogP contribution is 2.61. The molecule has 3 aromatic carbocycles. The minimum atomic E-state index is -1.12. The van der Waals surface area contributed by atoms with Gasteiger partial charge in [0.2, 0.25) is 0 Å². The lowest BCUT2D eigenvalue weighted by Crippen LogP contribution is -2.41. The first-order valence-corrected chi connectivity index (χ1v) is 14.2. The summed E-state index contributed by atoms with van der Waals surface area (Å²) in [7, 11) is 0. The average molecular weight is 542 g/mol. The van der Waals surface area contributed by atoms with Gasteiger partial charge >= 0.3 is 0 Å². The van der Waals surface area contributed by atoms with Crippen LogP contribution in [-0.2, 0) is 20.0 Å². The molecule has 7 heteroatoms. The van der Waals surface area contributed by atoms with Crippen LogP contribution in [0.3, 0.4) is 0 Å². The highest BCUT2D eigenvalue weighted by Gasteiger charge is 2.46. The first-order valence-electron chi connectivity index (χ1n) is 13.0. The smallest absolute Gasteiger partial charge is 0.197 e. The molecule has 1 unspecified atom stereocenters. The van der Waals surface area contributed by atoms with Crippen LogP contribution in [0.2, 0.25) is 5.02 Å². The number of thioether (sulfide) groups is 1. The normalized spacial score (nSPS) is 22.4. The molecule has 0 N–H and O–H groups in total. The molecule has 6 rings (SSSR count). The Morgan fingerprint density at radius 2 is 1.65 bits per heavy atom. The van der Waals surface area contributed by atoms with E-state index in [1.165, 1.54) is 28.8 Å². The van der Waals surface area contributed by atoms with Crippen molar-refractivity contribution in [3.8, 4) is 0 Å². The molecule has 2 fully saturated rings. The Labute approximate surface area is 226 Å². The maximum Gasteiger partial charge on any atom is 0.197 e. The van der Waals surface area contributed by atoms with E-state index in [4.69, 9.17) is 21.1 Å². The van der Waals surface area contributed by atoms with Crippen LogP contribution >= 0.6 is 23.4 Å². The number of fused-ring (bicyclic) bond motifs is 2. The van der Waals surface area contributed by atoms with Crippen molar-refractivity contribution in [3.63, 3.8) is 0 Å². The number of benzene rings is 3. The van der Waals surface area contributed by atoms with Gasteiger partial charge in [-0.25, -0.2) is 8.78 Å². The van der Waals surface area contributed by atoms with Crippen molar-refractivity contribution in [1.82, 2.24) is 4.90 Å². The molecule has 0 bridgehead atoms. The number of hydrogen-bond acceptors (Lipinski definition) is 4. The number of ether oxygens (including phenoxy) is 2. The Balaban J connectivity index is 1.11. The second kappa shape index (κ2) is 10.3. The molecule has 194 valence electrons. The second-order valence-electron chi connectivity index (χ2n) is 10.2. The summed E-state index contributed by atoms with van der Waals surface area (Å²) in [5, 5.41) is 1.09. The highest BCUT2D eigenvalue weighted by atomic mass is 35.5. The van der Waals surface area contributed by atoms with Gasteiger partial charge in [0.1, 0.15) is 11.6 Å². The van der Waals surface area contributed by atoms with Gasteiger partial charge in [-0.3, -0.25) is 0 Å². The van der Waals surface area contributed by atoms with E-state index in [0.29, 0.717) is 24.9 Å². The first-order chi connectivity index (χ1) is 18.0. The third-order valence-electron chi connectivity index (χ3n) is 7.99. The summed E-state index contributed by atoms with van der Waals surface area (Å²) in [5.74, 6) is -2.34. The third-order valence-corrected chi connectivity index (χ3v) is 10.1. The van der Waals surface area contributed by atoms with E-state index in [1.807, 2.05) is 12.1 Å². The van der Waals surface area contributed by atoms with Crippen molar-refractivity contribution in [2.24, 2.45) is 0 Å². The molecular formula is C30H30ClF2NO2S. The van der Waals surface area contributed by atoms with E-state index in [9.17, 15) is 8.78 Å². The molecule has 3 aromatic rings. The van der Waals surface area contributed by atoms with Crippen molar-refractivity contribution in [2.45, 2.75) is 41.5 Å². The predicted octanol–water partition coefficient (Wildman–Crippen LogP) is 7.43. The van der Waals surface area contributed by atoms with Crippen LogP contribution in [0.5, 0.6) is 0 Å². The Hall–Kier alpha value is -1.96. The molecular weight excluding hydrogens is 512 g/mol. The lowest BCUT2D eigenvalue weighted by molar-refractivity contribution is -0.174. The number of nitrogens with zero attached hydrogens (tertiary/aromatic N) is 1. The molecule has 3 nitrogen and oxygen atoms in total. The number of likely N-dealkylation sites (tertiary alicyclic amines) is 1. The summed E-state index contributed by atoms with van der Waals surface area (Å²) in [6, 6.07) is 20.8. The highest BCUT2D eigenvalue weighted by molar-refractivity contribution is 8.01. The SMILES string of the molecule is Fc1ccc(C2(CCCN3CCC4(CC3)SC(c3ccc(Cl)cc3)c3ccccc34)OCCO2)c(F)c1. The van der Waals surface area contributed by atoms with Gasteiger partial charge in [0.05, 0.1) is 18.5 Å². The maximum absolute atomic E-state index is 14.6. The quantitative estimate of drug-likeness (QED) is 0.323. The topological polar surface area (TPSA) is 21.7 Å². The molecule has 37 heavy (non-hydrogen) atoms. The molecule has 1 atom stereocenters. The molecule has 1 spiro atoms. The van der Waals surface area contributed by atoms with Crippen LogP contribution < -0.4 is 0 Å². The summed E-state index contributed by atoms with van der Waals surface area (Å²) >= 11 is 8.24. The van der Waals surface area contributed by atoms with Gasteiger partial charge in [-0.05, 0) is 79.9 Å².